The lowest BCUT2D eigenvalue weighted by atomic mass is 10.1. The molecule has 2 N–H and O–H groups in total. The van der Waals surface area contributed by atoms with Gasteiger partial charge in [0, 0.05) is 18.7 Å². The molecule has 146 valence electrons. The number of carbonyl (C=O) groups is 3. The van der Waals surface area contributed by atoms with Gasteiger partial charge in [-0.2, -0.15) is 0 Å². The molecule has 1 aliphatic rings. The van der Waals surface area contributed by atoms with Crippen LogP contribution in [0.5, 0.6) is 5.75 Å². The zero-order valence-corrected chi connectivity index (χ0v) is 15.3. The van der Waals surface area contributed by atoms with Crippen LogP contribution in [0.4, 0.5) is 10.1 Å². The lowest BCUT2D eigenvalue weighted by Crippen LogP contribution is -2.45. The van der Waals surface area contributed by atoms with Crippen molar-refractivity contribution < 1.29 is 23.5 Å². The van der Waals surface area contributed by atoms with Crippen LogP contribution in [0, 0.1) is 11.7 Å². The Bertz CT molecular complexity index is 885. The first-order valence-electron chi connectivity index (χ1n) is 8.87. The van der Waals surface area contributed by atoms with Crippen molar-refractivity contribution in [3.8, 4) is 5.75 Å². The summed E-state index contributed by atoms with van der Waals surface area (Å²) in [4.78, 5) is 38.1. The van der Waals surface area contributed by atoms with E-state index < -0.39 is 23.5 Å². The van der Waals surface area contributed by atoms with Crippen molar-refractivity contribution in [3.05, 3.63) is 59.9 Å². The van der Waals surface area contributed by atoms with Gasteiger partial charge in [-0.3, -0.25) is 25.2 Å². The number of nitrogens with zero attached hydrogens (tertiary/aromatic N) is 1. The van der Waals surface area contributed by atoms with Gasteiger partial charge in [0.1, 0.15) is 11.6 Å². The summed E-state index contributed by atoms with van der Waals surface area (Å²) in [6.45, 7) is 2.61. The van der Waals surface area contributed by atoms with Crippen LogP contribution >= 0.6 is 0 Å². The molecule has 0 radical (unpaired) electrons. The Balaban J connectivity index is 1.57. The number of benzene rings is 2. The maximum atomic E-state index is 13.6. The number of carbonyl (C=O) groups excluding carboxylic acids is 3. The molecule has 1 heterocycles. The number of nitrogens with one attached hydrogen (secondary N) is 2. The monoisotopic (exact) mass is 385 g/mol. The third-order valence-corrected chi connectivity index (χ3v) is 4.37. The Kier molecular flexibility index (Phi) is 5.88. The van der Waals surface area contributed by atoms with Gasteiger partial charge < -0.3 is 9.64 Å². The zero-order chi connectivity index (χ0) is 20.1. The summed E-state index contributed by atoms with van der Waals surface area (Å²) in [6.07, 6.45) is 0.0224. The summed E-state index contributed by atoms with van der Waals surface area (Å²) in [6, 6.07) is 12.5. The number of anilines is 1. The number of hydrazine groups is 1. The van der Waals surface area contributed by atoms with Gasteiger partial charge in [0.2, 0.25) is 11.8 Å². The minimum absolute atomic E-state index is 0.0224. The van der Waals surface area contributed by atoms with E-state index in [1.54, 1.807) is 24.3 Å². The molecule has 1 saturated heterocycles. The van der Waals surface area contributed by atoms with E-state index in [4.69, 9.17) is 4.74 Å². The summed E-state index contributed by atoms with van der Waals surface area (Å²) in [7, 11) is 0. The predicted octanol–water partition coefficient (Wildman–Crippen LogP) is 2.04. The highest BCUT2D eigenvalue weighted by atomic mass is 19.1. The minimum Gasteiger partial charge on any atom is -0.494 e. The quantitative estimate of drug-likeness (QED) is 0.771. The van der Waals surface area contributed by atoms with Crippen molar-refractivity contribution in [1.82, 2.24) is 10.9 Å². The van der Waals surface area contributed by atoms with Crippen LogP contribution in [0.25, 0.3) is 0 Å². The third-order valence-electron chi connectivity index (χ3n) is 4.37. The summed E-state index contributed by atoms with van der Waals surface area (Å²) >= 11 is 0. The largest absolute Gasteiger partial charge is 0.494 e. The van der Waals surface area contributed by atoms with Crippen LogP contribution in [0.3, 0.4) is 0 Å². The zero-order valence-electron chi connectivity index (χ0n) is 15.3. The summed E-state index contributed by atoms with van der Waals surface area (Å²) in [5.74, 6) is -2.08. The normalized spacial score (nSPS) is 16.0. The van der Waals surface area contributed by atoms with Crippen LogP contribution in [0.2, 0.25) is 0 Å². The van der Waals surface area contributed by atoms with Crippen molar-refractivity contribution >= 4 is 23.4 Å². The van der Waals surface area contributed by atoms with E-state index in [-0.39, 0.29) is 24.4 Å². The molecule has 28 heavy (non-hydrogen) atoms. The van der Waals surface area contributed by atoms with E-state index in [1.165, 1.54) is 23.1 Å². The Labute approximate surface area is 161 Å². The lowest BCUT2D eigenvalue weighted by Gasteiger charge is -2.17. The number of hydrogen-bond acceptors (Lipinski definition) is 4. The van der Waals surface area contributed by atoms with Crippen molar-refractivity contribution in [2.45, 2.75) is 13.3 Å². The Hall–Kier alpha value is -3.42. The van der Waals surface area contributed by atoms with Gasteiger partial charge in [0.25, 0.3) is 5.91 Å². The van der Waals surface area contributed by atoms with Crippen molar-refractivity contribution in [1.29, 1.82) is 0 Å². The summed E-state index contributed by atoms with van der Waals surface area (Å²) < 4.78 is 19.0. The summed E-state index contributed by atoms with van der Waals surface area (Å²) in [5, 5.41) is 0. The molecular weight excluding hydrogens is 365 g/mol. The van der Waals surface area contributed by atoms with Crippen LogP contribution in [0.15, 0.2) is 48.5 Å². The van der Waals surface area contributed by atoms with E-state index in [1.807, 2.05) is 6.92 Å². The van der Waals surface area contributed by atoms with Gasteiger partial charge in [0.15, 0.2) is 0 Å². The fourth-order valence-electron chi connectivity index (χ4n) is 2.95. The standard InChI is InChI=1S/C20H20FN3O4/c1-2-28-15-9-7-14(8-10-15)24-12-13(11-18(24)25)19(26)22-23-20(27)16-5-3-4-6-17(16)21/h3-10,13H,2,11-12H2,1H3,(H,22,26)(H,23,27)/t13-/m1/s1. The van der Waals surface area contributed by atoms with Crippen LogP contribution in [-0.2, 0) is 9.59 Å². The second-order valence-corrected chi connectivity index (χ2v) is 6.26. The highest BCUT2D eigenvalue weighted by molar-refractivity contribution is 6.01. The smallest absolute Gasteiger partial charge is 0.272 e. The van der Waals surface area contributed by atoms with E-state index >= 15 is 0 Å². The van der Waals surface area contributed by atoms with Gasteiger partial charge in [-0.25, -0.2) is 4.39 Å². The average Bonchev–Trinajstić information content (AvgIpc) is 3.09. The molecule has 0 saturated carbocycles. The first-order valence-corrected chi connectivity index (χ1v) is 8.87. The fourth-order valence-corrected chi connectivity index (χ4v) is 2.95. The Morgan fingerprint density at radius 1 is 1.14 bits per heavy atom. The molecule has 0 unspecified atom stereocenters. The second kappa shape index (κ2) is 8.51. The van der Waals surface area contributed by atoms with E-state index in [2.05, 4.69) is 10.9 Å². The average molecular weight is 385 g/mol. The lowest BCUT2D eigenvalue weighted by molar-refractivity contribution is -0.126. The Morgan fingerprint density at radius 2 is 1.86 bits per heavy atom. The van der Waals surface area contributed by atoms with Gasteiger partial charge in [-0.05, 0) is 43.3 Å². The first kappa shape index (κ1) is 19.3. The van der Waals surface area contributed by atoms with Crippen molar-refractivity contribution in [2.75, 3.05) is 18.1 Å². The predicted molar refractivity (Wildman–Crippen MR) is 100 cm³/mol. The van der Waals surface area contributed by atoms with Crippen molar-refractivity contribution in [3.63, 3.8) is 0 Å². The number of amides is 3. The Morgan fingerprint density at radius 3 is 2.54 bits per heavy atom. The minimum atomic E-state index is -0.765. The number of ether oxygens (including phenoxy) is 1. The van der Waals surface area contributed by atoms with Gasteiger partial charge in [-0.15, -0.1) is 0 Å². The molecule has 0 spiro atoms. The number of halogens is 1. The van der Waals surface area contributed by atoms with Crippen molar-refractivity contribution in [2.24, 2.45) is 5.92 Å². The van der Waals surface area contributed by atoms with Crippen LogP contribution in [0.1, 0.15) is 23.7 Å². The molecule has 0 aromatic heterocycles. The molecule has 2 aromatic carbocycles. The molecule has 1 fully saturated rings. The number of hydrogen-bond donors (Lipinski definition) is 2. The maximum Gasteiger partial charge on any atom is 0.272 e. The SMILES string of the molecule is CCOc1ccc(N2C[C@H](C(=O)NNC(=O)c3ccccc3F)CC2=O)cc1. The van der Waals surface area contributed by atoms with E-state index in [9.17, 15) is 18.8 Å². The second-order valence-electron chi connectivity index (χ2n) is 6.26. The molecule has 8 heteroatoms. The highest BCUT2D eigenvalue weighted by Gasteiger charge is 2.35. The van der Waals surface area contributed by atoms with Gasteiger partial charge >= 0.3 is 0 Å². The molecule has 3 amide bonds. The van der Waals surface area contributed by atoms with Gasteiger partial charge in [-0.1, -0.05) is 12.1 Å². The molecular formula is C20H20FN3O4. The topological polar surface area (TPSA) is 87.7 Å². The molecule has 0 bridgehead atoms. The van der Waals surface area contributed by atoms with Crippen LogP contribution < -0.4 is 20.5 Å². The molecule has 1 atom stereocenters. The fraction of sp³-hybridized carbons (Fsp3) is 0.250. The van der Waals surface area contributed by atoms with Gasteiger partial charge in [0.05, 0.1) is 18.1 Å². The molecule has 3 rings (SSSR count). The highest BCUT2D eigenvalue weighted by Crippen LogP contribution is 2.27. The van der Waals surface area contributed by atoms with E-state index in [0.29, 0.717) is 18.0 Å². The number of rotatable bonds is 5. The summed E-state index contributed by atoms with van der Waals surface area (Å²) in [5.41, 5.74) is 4.93. The molecule has 7 nitrogen and oxygen atoms in total. The third kappa shape index (κ3) is 4.28. The molecule has 2 aromatic rings. The maximum absolute atomic E-state index is 13.6. The molecule has 0 aliphatic carbocycles. The first-order chi connectivity index (χ1) is 13.5. The van der Waals surface area contributed by atoms with Crippen LogP contribution in [-0.4, -0.2) is 30.9 Å². The molecule has 1 aliphatic heterocycles. The van der Waals surface area contributed by atoms with E-state index in [0.717, 1.165) is 6.07 Å².